The molecule has 1 aliphatic heterocycles. The molecule has 5 atom stereocenters. The Kier molecular flexibility index (Phi) is 3.03. The number of methoxy groups -OCH3 is 1. The maximum absolute atomic E-state index is 9.36. The topological polar surface area (TPSA) is 79.2 Å². The fourth-order valence-corrected chi connectivity index (χ4v) is 1.35. The highest BCUT2D eigenvalue weighted by Crippen LogP contribution is 2.21. The molecule has 0 aliphatic carbocycles. The molecule has 0 aromatic rings. The summed E-state index contributed by atoms with van der Waals surface area (Å²) in [6.45, 7) is 1.66. The van der Waals surface area contributed by atoms with Crippen molar-refractivity contribution in [3.63, 3.8) is 0 Å². The van der Waals surface area contributed by atoms with Crippen LogP contribution in [0.1, 0.15) is 6.92 Å². The Labute approximate surface area is 70.5 Å². The molecule has 5 nitrogen and oxygen atoms in total. The average molecular weight is 178 g/mol. The van der Waals surface area contributed by atoms with E-state index in [-0.39, 0.29) is 0 Å². The van der Waals surface area contributed by atoms with Crippen LogP contribution in [-0.4, -0.2) is 53.1 Å². The van der Waals surface area contributed by atoms with Gasteiger partial charge in [-0.05, 0) is 6.92 Å². The smallest absolute Gasteiger partial charge is 0.183 e. The van der Waals surface area contributed by atoms with Crippen molar-refractivity contribution in [2.45, 2.75) is 37.6 Å². The Morgan fingerprint density at radius 3 is 2.25 bits per heavy atom. The maximum atomic E-state index is 9.36. The van der Waals surface area contributed by atoms with Crippen molar-refractivity contribution in [3.8, 4) is 0 Å². The zero-order chi connectivity index (χ0) is 9.30. The van der Waals surface area contributed by atoms with Gasteiger partial charge in [0.15, 0.2) is 6.29 Å². The molecule has 0 amide bonds. The van der Waals surface area contributed by atoms with Crippen molar-refractivity contribution in [2.75, 3.05) is 7.11 Å². The van der Waals surface area contributed by atoms with Gasteiger partial charge in [0.1, 0.15) is 18.3 Å². The molecule has 0 spiro atoms. The predicted molar refractivity (Wildman–Crippen MR) is 39.4 cm³/mol. The number of aliphatic hydroxyl groups is 3. The van der Waals surface area contributed by atoms with E-state index in [0.29, 0.717) is 0 Å². The first-order valence-electron chi connectivity index (χ1n) is 3.80. The van der Waals surface area contributed by atoms with Gasteiger partial charge in [0.2, 0.25) is 0 Å². The Bertz CT molecular complexity index is 151. The second-order valence-electron chi connectivity index (χ2n) is 2.91. The summed E-state index contributed by atoms with van der Waals surface area (Å²) in [6, 6.07) is 0. The highest BCUT2D eigenvalue weighted by atomic mass is 16.6. The van der Waals surface area contributed by atoms with Crippen molar-refractivity contribution < 1.29 is 24.8 Å². The van der Waals surface area contributed by atoms with Crippen molar-refractivity contribution in [3.05, 3.63) is 0 Å². The summed E-state index contributed by atoms with van der Waals surface area (Å²) >= 11 is 0. The predicted octanol–water partition coefficient (Wildman–Crippen LogP) is -1.54. The second kappa shape index (κ2) is 3.68. The van der Waals surface area contributed by atoms with Gasteiger partial charge in [0.25, 0.3) is 0 Å². The number of rotatable bonds is 1. The zero-order valence-corrected chi connectivity index (χ0v) is 7.04. The van der Waals surface area contributed by atoms with Crippen LogP contribution >= 0.6 is 0 Å². The molecule has 0 aromatic carbocycles. The van der Waals surface area contributed by atoms with Crippen LogP contribution in [0.4, 0.5) is 0 Å². The third-order valence-corrected chi connectivity index (χ3v) is 2.07. The van der Waals surface area contributed by atoms with E-state index in [4.69, 9.17) is 19.7 Å². The number of hydrogen-bond donors (Lipinski definition) is 3. The second-order valence-corrected chi connectivity index (χ2v) is 2.91. The minimum Gasteiger partial charge on any atom is -0.387 e. The molecule has 0 unspecified atom stereocenters. The van der Waals surface area contributed by atoms with Crippen LogP contribution in [0.25, 0.3) is 0 Å². The van der Waals surface area contributed by atoms with Crippen molar-refractivity contribution >= 4 is 0 Å². The van der Waals surface area contributed by atoms with Crippen LogP contribution in [0.5, 0.6) is 0 Å². The number of ether oxygens (including phenoxy) is 2. The van der Waals surface area contributed by atoms with Gasteiger partial charge in [-0.1, -0.05) is 0 Å². The Hall–Kier alpha value is -0.200. The van der Waals surface area contributed by atoms with Crippen LogP contribution < -0.4 is 0 Å². The summed E-state index contributed by atoms with van der Waals surface area (Å²) in [5, 5.41) is 27.6. The molecule has 0 aromatic heterocycles. The maximum Gasteiger partial charge on any atom is 0.183 e. The van der Waals surface area contributed by atoms with E-state index >= 15 is 0 Å². The SMILES string of the molecule is CO[C@@H]1[C@H](O)[C@@H](O)[C@H](O)O[C@H]1C. The largest absolute Gasteiger partial charge is 0.387 e. The lowest BCUT2D eigenvalue weighted by molar-refractivity contribution is -0.281. The van der Waals surface area contributed by atoms with Gasteiger partial charge in [-0.3, -0.25) is 0 Å². The van der Waals surface area contributed by atoms with E-state index in [0.717, 1.165) is 0 Å². The van der Waals surface area contributed by atoms with E-state index in [1.54, 1.807) is 6.92 Å². The summed E-state index contributed by atoms with van der Waals surface area (Å²) in [5.74, 6) is 0. The highest BCUT2D eigenvalue weighted by Gasteiger charge is 2.41. The third-order valence-electron chi connectivity index (χ3n) is 2.07. The van der Waals surface area contributed by atoms with Gasteiger partial charge in [0.05, 0.1) is 6.10 Å². The quantitative estimate of drug-likeness (QED) is 0.453. The van der Waals surface area contributed by atoms with Gasteiger partial charge < -0.3 is 24.8 Å². The molecule has 1 saturated heterocycles. The normalized spacial score (nSPS) is 49.2. The van der Waals surface area contributed by atoms with Crippen LogP contribution in [0.3, 0.4) is 0 Å². The Morgan fingerprint density at radius 1 is 1.17 bits per heavy atom. The Balaban J connectivity index is 2.65. The number of hydrogen-bond acceptors (Lipinski definition) is 5. The molecule has 0 saturated carbocycles. The molecule has 3 N–H and O–H groups in total. The molecule has 1 aliphatic rings. The van der Waals surface area contributed by atoms with Gasteiger partial charge in [-0.2, -0.15) is 0 Å². The Morgan fingerprint density at radius 2 is 1.75 bits per heavy atom. The monoisotopic (exact) mass is 178 g/mol. The van der Waals surface area contributed by atoms with Crippen molar-refractivity contribution in [1.82, 2.24) is 0 Å². The highest BCUT2D eigenvalue weighted by molar-refractivity contribution is 4.87. The standard InChI is InChI=1S/C7H14O5/c1-3-6(11-2)4(8)5(9)7(10)12-3/h3-10H,1-2H3/t3-,4+,5+,6-,7+/m0/s1. The van der Waals surface area contributed by atoms with Crippen LogP contribution in [-0.2, 0) is 9.47 Å². The van der Waals surface area contributed by atoms with Gasteiger partial charge in [0, 0.05) is 7.11 Å². The molecule has 1 heterocycles. The first-order chi connectivity index (χ1) is 5.57. The number of aliphatic hydroxyl groups excluding tert-OH is 3. The summed E-state index contributed by atoms with van der Waals surface area (Å²) in [5.41, 5.74) is 0. The van der Waals surface area contributed by atoms with E-state index in [2.05, 4.69) is 0 Å². The lowest BCUT2D eigenvalue weighted by Crippen LogP contribution is -2.57. The van der Waals surface area contributed by atoms with Crippen LogP contribution in [0.2, 0.25) is 0 Å². The van der Waals surface area contributed by atoms with Crippen molar-refractivity contribution in [2.24, 2.45) is 0 Å². The zero-order valence-electron chi connectivity index (χ0n) is 7.04. The molecule has 0 radical (unpaired) electrons. The van der Waals surface area contributed by atoms with E-state index in [1.165, 1.54) is 7.11 Å². The van der Waals surface area contributed by atoms with Crippen LogP contribution in [0, 0.1) is 0 Å². The van der Waals surface area contributed by atoms with E-state index < -0.39 is 30.7 Å². The third kappa shape index (κ3) is 1.60. The summed E-state index contributed by atoms with van der Waals surface area (Å²) in [6.07, 6.45) is -4.76. The van der Waals surface area contributed by atoms with E-state index in [1.807, 2.05) is 0 Å². The van der Waals surface area contributed by atoms with Crippen LogP contribution in [0.15, 0.2) is 0 Å². The molecule has 1 fully saturated rings. The summed E-state index contributed by atoms with van der Waals surface area (Å²) in [4.78, 5) is 0. The van der Waals surface area contributed by atoms with Gasteiger partial charge in [-0.25, -0.2) is 0 Å². The van der Waals surface area contributed by atoms with Gasteiger partial charge >= 0.3 is 0 Å². The minimum absolute atomic E-state index is 0.427. The summed E-state index contributed by atoms with van der Waals surface area (Å²) < 4.78 is 9.78. The summed E-state index contributed by atoms with van der Waals surface area (Å²) in [7, 11) is 1.41. The molecular formula is C7H14O5. The first kappa shape index (κ1) is 9.88. The molecule has 0 bridgehead atoms. The fourth-order valence-electron chi connectivity index (χ4n) is 1.35. The molecule has 72 valence electrons. The van der Waals surface area contributed by atoms with E-state index in [9.17, 15) is 5.11 Å². The van der Waals surface area contributed by atoms with Gasteiger partial charge in [-0.15, -0.1) is 0 Å². The average Bonchev–Trinajstić information content (AvgIpc) is 2.01. The molecule has 12 heavy (non-hydrogen) atoms. The fraction of sp³-hybridized carbons (Fsp3) is 1.00. The lowest BCUT2D eigenvalue weighted by Gasteiger charge is -2.38. The van der Waals surface area contributed by atoms with Crippen molar-refractivity contribution in [1.29, 1.82) is 0 Å². The molecule has 5 heteroatoms. The lowest BCUT2D eigenvalue weighted by atomic mass is 10.00. The minimum atomic E-state index is -1.33. The first-order valence-corrected chi connectivity index (χ1v) is 3.80. The molecular weight excluding hydrogens is 164 g/mol. The molecule has 1 rings (SSSR count).